The summed E-state index contributed by atoms with van der Waals surface area (Å²) in [5, 5.41) is 0. The second kappa shape index (κ2) is 7.80. The number of halogens is 2. The quantitative estimate of drug-likeness (QED) is 0.505. The third-order valence-corrected chi connectivity index (χ3v) is 11.9. The van der Waals surface area contributed by atoms with Gasteiger partial charge in [-0.1, -0.05) is 0 Å². The van der Waals surface area contributed by atoms with Crippen molar-refractivity contribution in [2.45, 2.75) is 68.7 Å². The van der Waals surface area contributed by atoms with Crippen LogP contribution in [-0.2, 0) is 17.4 Å². The van der Waals surface area contributed by atoms with Gasteiger partial charge in [0.05, 0.1) is 0 Å². The number of aromatic amines is 1. The van der Waals surface area contributed by atoms with Crippen molar-refractivity contribution in [3.8, 4) is 0 Å². The van der Waals surface area contributed by atoms with E-state index >= 15 is 0 Å². The summed E-state index contributed by atoms with van der Waals surface area (Å²) in [6.45, 7) is 12.9. The molecule has 3 N–H and O–H groups in total. The fourth-order valence-corrected chi connectivity index (χ4v) is 10.8. The number of H-pyrrole nitrogens is 1. The molecule has 23 heavy (non-hydrogen) atoms. The first-order valence-electron chi connectivity index (χ1n) is 8.02. The van der Waals surface area contributed by atoms with Crippen LogP contribution in [0.3, 0.4) is 0 Å². The molecule has 0 saturated carbocycles. The first-order chi connectivity index (χ1) is 9.44. The smallest absolute Gasteiger partial charge is 1.00 e. The van der Waals surface area contributed by atoms with E-state index in [1.165, 1.54) is 5.69 Å². The van der Waals surface area contributed by atoms with Gasteiger partial charge < -0.3 is 24.8 Å². The van der Waals surface area contributed by atoms with Crippen molar-refractivity contribution < 1.29 is 49.6 Å². The standard InChI is InChI=1S/C17H29N.2ClH.2H2O.Ti/c1-16(2,3)11-9-14(10-12-17(4,5)6)15-8-7-13-18-15;;;;;/h7-8,11-14,18H,9-10H2,1-6H3;2*1H;2*1H2;/q;;;;;+4/p-4. The molecule has 0 aromatic carbocycles. The zero-order valence-corrected chi connectivity index (χ0v) is 18.1. The van der Waals surface area contributed by atoms with E-state index in [4.69, 9.17) is 0 Å². The molecule has 0 amide bonds. The molecule has 1 saturated heterocycles. The molecule has 6 heteroatoms. The molecule has 2 heterocycles. The van der Waals surface area contributed by atoms with Crippen molar-refractivity contribution in [1.82, 2.24) is 4.98 Å². The molecule has 2 atom stereocenters. The molecule has 0 spiro atoms. The van der Waals surface area contributed by atoms with E-state index in [1.807, 2.05) is 12.3 Å². The summed E-state index contributed by atoms with van der Waals surface area (Å²) in [5.74, 6) is 0.409. The van der Waals surface area contributed by atoms with Crippen LogP contribution in [-0.4, -0.2) is 12.4 Å². The van der Waals surface area contributed by atoms with E-state index < -0.39 is 17.4 Å². The van der Waals surface area contributed by atoms with Crippen LogP contribution < -0.4 is 24.8 Å². The van der Waals surface area contributed by atoms with Gasteiger partial charge in [0.25, 0.3) is 0 Å². The largest absolute Gasteiger partial charge is 1.00 e. The van der Waals surface area contributed by atoms with Crippen molar-refractivity contribution in [2.75, 3.05) is 0 Å². The van der Waals surface area contributed by atoms with Crippen LogP contribution in [0.4, 0.5) is 0 Å². The van der Waals surface area contributed by atoms with Gasteiger partial charge in [0, 0.05) is 0 Å². The van der Waals surface area contributed by atoms with Crippen molar-refractivity contribution in [2.24, 2.45) is 10.8 Å². The Labute approximate surface area is 157 Å². The van der Waals surface area contributed by atoms with Gasteiger partial charge in [-0.2, -0.15) is 0 Å². The molecule has 1 aromatic heterocycles. The predicted molar refractivity (Wildman–Crippen MR) is 83.6 cm³/mol. The monoisotopic (exact) mass is 399 g/mol. The molecule has 1 aliphatic rings. The molecule has 134 valence electrons. The fraction of sp³-hybridized carbons (Fsp3) is 0.765. The molecule has 0 aliphatic carbocycles. The maximum Gasteiger partial charge on any atom is -1.00 e. The number of rotatable bonds is 1. The van der Waals surface area contributed by atoms with Crippen LogP contribution in [0.15, 0.2) is 18.3 Å². The number of aromatic nitrogens is 1. The Bertz CT molecular complexity index is 452. The Hall–Kier alpha value is 0.494. The Morgan fingerprint density at radius 3 is 1.70 bits per heavy atom. The Morgan fingerprint density at radius 1 is 0.957 bits per heavy atom. The van der Waals surface area contributed by atoms with Gasteiger partial charge in [-0.25, -0.2) is 0 Å². The molecule has 2 rings (SSSR count). The Kier molecular flexibility index (Phi) is 7.97. The first kappa shape index (κ1) is 23.5. The van der Waals surface area contributed by atoms with Gasteiger partial charge in [0.1, 0.15) is 0 Å². The van der Waals surface area contributed by atoms with Gasteiger partial charge in [-0.15, -0.1) is 0 Å². The molecule has 2 unspecified atom stereocenters. The molecule has 3 nitrogen and oxygen atoms in total. The second-order valence-corrected chi connectivity index (χ2v) is 13.5. The van der Waals surface area contributed by atoms with Crippen molar-refractivity contribution in [1.29, 1.82) is 0 Å². The van der Waals surface area contributed by atoms with Crippen LogP contribution in [0, 0.1) is 10.8 Å². The van der Waals surface area contributed by atoms with Crippen LogP contribution in [0.5, 0.6) is 0 Å². The summed E-state index contributed by atoms with van der Waals surface area (Å²) in [5.41, 5.74) is 1.13. The molecule has 1 aliphatic heterocycles. The van der Waals surface area contributed by atoms with E-state index in [0.717, 1.165) is 12.8 Å². The van der Waals surface area contributed by atoms with E-state index in [1.54, 1.807) is 0 Å². The van der Waals surface area contributed by atoms with Gasteiger partial charge in [0.2, 0.25) is 0 Å². The van der Waals surface area contributed by atoms with Gasteiger partial charge in [0.15, 0.2) is 0 Å². The van der Waals surface area contributed by atoms with Crippen molar-refractivity contribution in [3.05, 3.63) is 24.0 Å². The molecular weight excluding hydrogens is 369 g/mol. The minimum atomic E-state index is -3.88. The van der Waals surface area contributed by atoms with E-state index in [9.17, 15) is 7.38 Å². The summed E-state index contributed by atoms with van der Waals surface area (Å²) in [4.78, 5) is 3.34. The number of nitrogens with one attached hydrogen (secondary N) is 1. The third kappa shape index (κ3) is 4.99. The van der Waals surface area contributed by atoms with Crippen LogP contribution >= 0.6 is 0 Å². The van der Waals surface area contributed by atoms with Crippen molar-refractivity contribution in [3.63, 3.8) is 0 Å². The summed E-state index contributed by atoms with van der Waals surface area (Å²) < 4.78 is 22.3. The third-order valence-electron chi connectivity index (χ3n) is 5.22. The molecule has 1 aromatic rings. The Morgan fingerprint density at radius 2 is 1.39 bits per heavy atom. The van der Waals surface area contributed by atoms with E-state index in [0.29, 0.717) is 5.92 Å². The average Bonchev–Trinajstić information content (AvgIpc) is 2.78. The van der Waals surface area contributed by atoms with Crippen LogP contribution in [0.25, 0.3) is 0 Å². The van der Waals surface area contributed by atoms with Gasteiger partial charge in [-0.05, 0) is 0 Å². The normalized spacial score (nSPS) is 26.3. The van der Waals surface area contributed by atoms with Crippen LogP contribution in [0.2, 0.25) is 8.45 Å². The molecule has 1 fully saturated rings. The summed E-state index contributed by atoms with van der Waals surface area (Å²) in [7, 11) is 0. The summed E-state index contributed by atoms with van der Waals surface area (Å²) in [6, 6.07) is 4.17. The van der Waals surface area contributed by atoms with Crippen LogP contribution in [0.1, 0.15) is 66.0 Å². The van der Waals surface area contributed by atoms with E-state index in [-0.39, 0.29) is 44.1 Å². The maximum absolute atomic E-state index is 11.1. The van der Waals surface area contributed by atoms with Crippen molar-refractivity contribution >= 4 is 0 Å². The summed E-state index contributed by atoms with van der Waals surface area (Å²) in [6.07, 6.45) is 3.75. The summed E-state index contributed by atoms with van der Waals surface area (Å²) >= 11 is -3.88. The molecule has 0 bridgehead atoms. The zero-order valence-electron chi connectivity index (χ0n) is 15.0. The average molecular weight is 400 g/mol. The number of hydrogen-bond acceptors (Lipinski definition) is 2. The Balaban J connectivity index is 0.00000242. The second-order valence-electron chi connectivity index (χ2n) is 8.91. The minimum Gasteiger partial charge on any atom is -1.00 e. The molecule has 0 radical (unpaired) electrons. The number of hydrogen-bond donors (Lipinski definition) is 3. The van der Waals surface area contributed by atoms with E-state index in [2.05, 4.69) is 52.6 Å². The van der Waals surface area contributed by atoms with Gasteiger partial charge >= 0.3 is 133 Å². The first-order valence-corrected chi connectivity index (χ1v) is 11.2. The fourth-order valence-electron chi connectivity index (χ4n) is 4.09. The topological polar surface area (TPSA) is 56.2 Å². The minimum absolute atomic E-state index is 0. The SMILES string of the molecule is CC(C)(C)[CH]1CC(c2ccc[nH]2)C[CH](C(C)(C)C)[Ti+2]1([OH])[OH].[Cl-].[Cl-]. The maximum atomic E-state index is 11.1. The molecular formula is C17H31Cl2NO2Ti. The zero-order chi connectivity index (χ0) is 16.1. The van der Waals surface area contributed by atoms with Gasteiger partial charge in [-0.3, -0.25) is 0 Å². The predicted octanol–water partition coefficient (Wildman–Crippen LogP) is -1.46.